The monoisotopic (exact) mass is 282 g/mol. The van der Waals surface area contributed by atoms with Gasteiger partial charge in [-0.05, 0) is 32.4 Å². The molecule has 0 spiro atoms. The molecule has 18 heavy (non-hydrogen) atoms. The first-order valence-corrected chi connectivity index (χ1v) is 7.01. The van der Waals surface area contributed by atoms with E-state index in [1.807, 2.05) is 0 Å². The van der Waals surface area contributed by atoms with E-state index in [2.05, 4.69) is 12.6 Å². The number of ether oxygens (including phenoxy) is 2. The minimum atomic E-state index is -1.19. The smallest absolute Gasteiger partial charge is 0.155 e. The van der Waals surface area contributed by atoms with Crippen molar-refractivity contribution < 1.29 is 24.8 Å². The number of thiol groups is 1. The van der Waals surface area contributed by atoms with Gasteiger partial charge in [-0.25, -0.2) is 0 Å². The molecule has 5 nitrogen and oxygen atoms in total. The molecule has 2 unspecified atom stereocenters. The van der Waals surface area contributed by atoms with E-state index < -0.39 is 31.2 Å². The van der Waals surface area contributed by atoms with Crippen LogP contribution in [-0.2, 0) is 9.47 Å². The normalized spacial score (nSPS) is 18.3. The van der Waals surface area contributed by atoms with Crippen LogP contribution in [0, 0.1) is 0 Å². The van der Waals surface area contributed by atoms with E-state index in [1.165, 1.54) is 0 Å². The van der Waals surface area contributed by atoms with Gasteiger partial charge in [0.05, 0.1) is 12.7 Å². The third-order valence-corrected chi connectivity index (χ3v) is 2.94. The van der Waals surface area contributed by atoms with Crippen molar-refractivity contribution in [2.45, 2.75) is 57.7 Å². The van der Waals surface area contributed by atoms with E-state index in [0.717, 1.165) is 25.0 Å². The number of aliphatic hydroxyl groups is 3. The molecule has 0 aromatic carbocycles. The summed E-state index contributed by atoms with van der Waals surface area (Å²) in [5.41, 5.74) is 0. The van der Waals surface area contributed by atoms with Crippen LogP contribution in [0.3, 0.4) is 0 Å². The molecule has 0 saturated heterocycles. The molecule has 0 aliphatic rings. The quantitative estimate of drug-likeness (QED) is 0.253. The van der Waals surface area contributed by atoms with Crippen molar-refractivity contribution in [1.29, 1.82) is 0 Å². The molecule has 0 aromatic heterocycles. The summed E-state index contributed by atoms with van der Waals surface area (Å²) in [4.78, 5) is 0. The van der Waals surface area contributed by atoms with Crippen molar-refractivity contribution in [3.8, 4) is 0 Å². The maximum absolute atomic E-state index is 9.58. The molecule has 3 N–H and O–H groups in total. The molecule has 0 amide bonds. The van der Waals surface area contributed by atoms with E-state index in [4.69, 9.17) is 14.6 Å². The lowest BCUT2D eigenvalue weighted by atomic mass is 10.1. The average Bonchev–Trinajstić information content (AvgIpc) is 2.36. The lowest BCUT2D eigenvalue weighted by molar-refractivity contribution is -0.192. The van der Waals surface area contributed by atoms with Gasteiger partial charge in [-0.1, -0.05) is 6.42 Å². The van der Waals surface area contributed by atoms with Crippen molar-refractivity contribution in [3.63, 3.8) is 0 Å². The van der Waals surface area contributed by atoms with Crippen LogP contribution in [0.4, 0.5) is 0 Å². The topological polar surface area (TPSA) is 79.2 Å². The summed E-state index contributed by atoms with van der Waals surface area (Å²) < 4.78 is 10.8. The van der Waals surface area contributed by atoms with Crippen molar-refractivity contribution in [2.24, 2.45) is 0 Å². The zero-order chi connectivity index (χ0) is 14.0. The Morgan fingerprint density at radius 1 is 1.11 bits per heavy atom. The Balaban J connectivity index is 3.69. The molecule has 6 heteroatoms. The van der Waals surface area contributed by atoms with Crippen LogP contribution in [0.5, 0.6) is 0 Å². The third-order valence-electron chi connectivity index (χ3n) is 2.62. The Kier molecular flexibility index (Phi) is 11.1. The minimum absolute atomic E-state index is 0.448. The maximum Gasteiger partial charge on any atom is 0.155 e. The van der Waals surface area contributed by atoms with E-state index in [-0.39, 0.29) is 0 Å². The molecule has 0 radical (unpaired) electrons. The van der Waals surface area contributed by atoms with Crippen LogP contribution >= 0.6 is 12.6 Å². The number of aliphatic hydroxyl groups excluding tert-OH is 3. The molecular formula is C12H26O5S. The van der Waals surface area contributed by atoms with Gasteiger partial charge >= 0.3 is 0 Å². The molecular weight excluding hydrogens is 256 g/mol. The molecule has 0 saturated carbocycles. The highest BCUT2D eigenvalue weighted by atomic mass is 32.1. The summed E-state index contributed by atoms with van der Waals surface area (Å²) in [6.45, 7) is 3.48. The van der Waals surface area contributed by atoms with Crippen molar-refractivity contribution >= 4 is 12.6 Å². The maximum atomic E-state index is 9.58. The van der Waals surface area contributed by atoms with Gasteiger partial charge in [0.25, 0.3) is 0 Å². The predicted molar refractivity (Wildman–Crippen MR) is 72.8 cm³/mol. The first kappa shape index (κ1) is 18.1. The first-order chi connectivity index (χ1) is 8.52. The molecule has 0 bridgehead atoms. The fraction of sp³-hybridized carbons (Fsp3) is 1.00. The summed E-state index contributed by atoms with van der Waals surface area (Å²) in [5, 5.41) is 27.5. The van der Waals surface area contributed by atoms with Crippen molar-refractivity contribution in [3.05, 3.63) is 0 Å². The van der Waals surface area contributed by atoms with Gasteiger partial charge in [-0.2, -0.15) is 12.6 Å². The van der Waals surface area contributed by atoms with Crippen LogP contribution in [0.15, 0.2) is 0 Å². The zero-order valence-electron chi connectivity index (χ0n) is 11.2. The molecule has 0 aromatic rings. The summed E-state index contributed by atoms with van der Waals surface area (Å²) in [6.07, 6.45) is -0.273. The van der Waals surface area contributed by atoms with Crippen LogP contribution in [0.1, 0.15) is 33.1 Å². The Hall–Kier alpha value is 0.150. The van der Waals surface area contributed by atoms with E-state index in [1.54, 1.807) is 13.8 Å². The largest absolute Gasteiger partial charge is 0.394 e. The zero-order valence-corrected chi connectivity index (χ0v) is 12.1. The highest BCUT2D eigenvalue weighted by Crippen LogP contribution is 2.08. The third kappa shape index (κ3) is 8.29. The number of rotatable bonds is 11. The van der Waals surface area contributed by atoms with Gasteiger partial charge in [-0.15, -0.1) is 0 Å². The SMILES string of the molecule is CC(O[C@@H](C)OCCCCCS)C(O)[C@H](O)CO. The van der Waals surface area contributed by atoms with Crippen LogP contribution in [0.25, 0.3) is 0 Å². The molecule has 0 fully saturated rings. The Morgan fingerprint density at radius 3 is 2.33 bits per heavy atom. The number of hydrogen-bond donors (Lipinski definition) is 4. The van der Waals surface area contributed by atoms with Gasteiger partial charge in [0.15, 0.2) is 6.29 Å². The number of hydrogen-bond acceptors (Lipinski definition) is 6. The lowest BCUT2D eigenvalue weighted by Crippen LogP contribution is -2.41. The summed E-state index contributed by atoms with van der Waals surface area (Å²) >= 11 is 4.12. The van der Waals surface area contributed by atoms with Crippen molar-refractivity contribution in [1.82, 2.24) is 0 Å². The fourth-order valence-electron chi connectivity index (χ4n) is 1.48. The Morgan fingerprint density at radius 2 is 1.78 bits per heavy atom. The lowest BCUT2D eigenvalue weighted by Gasteiger charge is -2.25. The van der Waals surface area contributed by atoms with Crippen molar-refractivity contribution in [2.75, 3.05) is 19.0 Å². The van der Waals surface area contributed by atoms with E-state index in [0.29, 0.717) is 6.61 Å². The summed E-state index contributed by atoms with van der Waals surface area (Å²) in [5.74, 6) is 0.883. The highest BCUT2D eigenvalue weighted by molar-refractivity contribution is 7.80. The molecule has 0 heterocycles. The second-order valence-corrected chi connectivity index (χ2v) is 4.75. The summed E-state index contributed by atoms with van der Waals surface area (Å²) in [7, 11) is 0. The fourth-order valence-corrected chi connectivity index (χ4v) is 1.71. The van der Waals surface area contributed by atoms with E-state index >= 15 is 0 Å². The molecule has 110 valence electrons. The second kappa shape index (κ2) is 11.0. The van der Waals surface area contributed by atoms with Gasteiger partial charge in [0.1, 0.15) is 12.2 Å². The van der Waals surface area contributed by atoms with Crippen LogP contribution < -0.4 is 0 Å². The Labute approximate surface area is 115 Å². The predicted octanol–water partition coefficient (Wildman–Crippen LogP) is 0.568. The Bertz CT molecular complexity index is 193. The minimum Gasteiger partial charge on any atom is -0.394 e. The molecule has 0 aliphatic heterocycles. The van der Waals surface area contributed by atoms with Gasteiger partial charge in [0.2, 0.25) is 0 Å². The average molecular weight is 282 g/mol. The van der Waals surface area contributed by atoms with Crippen LogP contribution in [0.2, 0.25) is 0 Å². The highest BCUT2D eigenvalue weighted by Gasteiger charge is 2.24. The molecule has 0 aliphatic carbocycles. The standard InChI is InChI=1S/C12H26O5S/c1-9(12(15)11(14)8-13)17-10(2)16-6-4-3-5-7-18/h9-15,18H,3-8H2,1-2H3/t9?,10-,11+,12?/m0/s1. The van der Waals surface area contributed by atoms with Gasteiger partial charge < -0.3 is 24.8 Å². The second-order valence-electron chi connectivity index (χ2n) is 4.30. The molecule has 4 atom stereocenters. The van der Waals surface area contributed by atoms with Crippen LogP contribution in [-0.4, -0.2) is 58.9 Å². The summed E-state index contributed by atoms with van der Waals surface area (Å²) in [6, 6.07) is 0. The first-order valence-electron chi connectivity index (χ1n) is 6.37. The number of unbranched alkanes of at least 4 members (excludes halogenated alkanes) is 2. The van der Waals surface area contributed by atoms with Gasteiger partial charge in [0, 0.05) is 6.61 Å². The molecule has 0 rings (SSSR count). The van der Waals surface area contributed by atoms with Gasteiger partial charge in [-0.3, -0.25) is 0 Å². The van der Waals surface area contributed by atoms with E-state index in [9.17, 15) is 10.2 Å².